The van der Waals surface area contributed by atoms with Crippen LogP contribution in [-0.4, -0.2) is 69.4 Å². The lowest BCUT2D eigenvalue weighted by atomic mass is 10.0. The summed E-state index contributed by atoms with van der Waals surface area (Å²) in [6.45, 7) is 6.50. The van der Waals surface area contributed by atoms with Gasteiger partial charge < -0.3 is 28.5 Å². The summed E-state index contributed by atoms with van der Waals surface area (Å²) in [5.74, 6) is -0.628. The van der Waals surface area contributed by atoms with Crippen molar-refractivity contribution in [1.29, 1.82) is 0 Å². The largest absolute Gasteiger partial charge is 0.756 e. The van der Waals surface area contributed by atoms with Gasteiger partial charge in [-0.25, -0.2) is 0 Å². The molecule has 0 fully saturated rings. The molecule has 0 saturated carbocycles. The van der Waals surface area contributed by atoms with Crippen LogP contribution >= 0.6 is 7.82 Å². The van der Waals surface area contributed by atoms with Crippen molar-refractivity contribution < 1.29 is 37.3 Å². The Morgan fingerprint density at radius 1 is 0.487 bits per heavy atom. The number of allylic oxidation sites excluding steroid dienone is 23. The van der Waals surface area contributed by atoms with Gasteiger partial charge in [-0.1, -0.05) is 244 Å². The first-order chi connectivity index (χ1) is 36.9. The number of rotatable bonds is 51. The molecule has 1 N–H and O–H groups in total. The Morgan fingerprint density at radius 2 is 0.908 bits per heavy atom. The van der Waals surface area contributed by atoms with Crippen LogP contribution in [0.2, 0.25) is 0 Å². The van der Waals surface area contributed by atoms with Gasteiger partial charge in [0.05, 0.1) is 33.8 Å². The molecule has 0 bridgehead atoms. The lowest BCUT2D eigenvalue weighted by Gasteiger charge is -2.30. The maximum atomic E-state index is 13.5. The van der Waals surface area contributed by atoms with Crippen molar-refractivity contribution >= 4 is 19.7 Å². The number of likely N-dealkylation sites (N-methyl/N-ethyl adjacent to an activating group) is 1. The summed E-state index contributed by atoms with van der Waals surface area (Å²) in [5, 5.41) is 3.00. The second-order valence-corrected chi connectivity index (χ2v) is 21.9. The number of amides is 1. The molecule has 0 rings (SSSR count). The molecule has 0 aromatic rings. The number of unbranched alkanes of at least 4 members (excludes halogenated alkanes) is 18. The minimum atomic E-state index is -4.73. The van der Waals surface area contributed by atoms with Gasteiger partial charge >= 0.3 is 5.97 Å². The third-order valence-corrected chi connectivity index (χ3v) is 13.1. The summed E-state index contributed by atoms with van der Waals surface area (Å²) in [6.07, 6.45) is 78.1. The molecule has 0 aromatic heterocycles. The topological polar surface area (TPSA) is 114 Å². The van der Waals surface area contributed by atoms with Crippen LogP contribution in [0.4, 0.5) is 0 Å². The lowest BCUT2D eigenvalue weighted by molar-refractivity contribution is -0.870. The fourth-order valence-electron chi connectivity index (χ4n) is 7.64. The molecule has 0 radical (unpaired) electrons. The Balaban J connectivity index is 5.43. The number of carbonyl (C=O) groups excluding carboxylic acids is 2. The predicted octanol–water partition coefficient (Wildman–Crippen LogP) is 17.6. The average Bonchev–Trinajstić information content (AvgIpc) is 3.38. The number of esters is 1. The highest BCUT2D eigenvalue weighted by Gasteiger charge is 2.27. The molecule has 0 aliphatic rings. The van der Waals surface area contributed by atoms with Crippen molar-refractivity contribution in [1.82, 2.24) is 5.32 Å². The summed E-state index contributed by atoms with van der Waals surface area (Å²) in [6, 6.07) is -0.929. The molecule has 0 heterocycles. The van der Waals surface area contributed by atoms with Crippen molar-refractivity contribution in [3.8, 4) is 0 Å². The number of hydrogen-bond acceptors (Lipinski definition) is 7. The van der Waals surface area contributed by atoms with E-state index in [1.54, 1.807) is 6.08 Å². The molecular weight excluding hydrogens is 964 g/mol. The van der Waals surface area contributed by atoms with Gasteiger partial charge in [0.15, 0.2) is 0 Å². The molecule has 1 amide bonds. The van der Waals surface area contributed by atoms with E-state index in [1.165, 1.54) is 51.4 Å². The average molecular weight is 1070 g/mol. The normalized spacial score (nSPS) is 14.8. The van der Waals surface area contributed by atoms with Crippen molar-refractivity contribution in [2.45, 2.75) is 219 Å². The Hall–Kier alpha value is -4.11. The molecular formula is C66H109N2O7P. The predicted molar refractivity (Wildman–Crippen MR) is 325 cm³/mol. The number of hydrogen-bond donors (Lipinski definition) is 1. The third kappa shape index (κ3) is 54.7. The Labute approximate surface area is 466 Å². The first-order valence-electron chi connectivity index (χ1n) is 29.7. The minimum absolute atomic E-state index is 0.0432. The molecule has 3 atom stereocenters. The number of phosphoric acid groups is 1. The Kier molecular flexibility index (Phi) is 51.3. The Bertz CT molecular complexity index is 1810. The molecule has 430 valence electrons. The highest BCUT2D eigenvalue weighted by Crippen LogP contribution is 2.38. The van der Waals surface area contributed by atoms with Crippen LogP contribution < -0.4 is 10.2 Å². The highest BCUT2D eigenvalue weighted by atomic mass is 31.2. The molecule has 76 heavy (non-hydrogen) atoms. The summed E-state index contributed by atoms with van der Waals surface area (Å²) in [4.78, 5) is 39.9. The van der Waals surface area contributed by atoms with E-state index >= 15 is 0 Å². The first-order valence-corrected chi connectivity index (χ1v) is 31.2. The number of carbonyl (C=O) groups is 2. The van der Waals surface area contributed by atoms with Gasteiger partial charge in [0.25, 0.3) is 7.82 Å². The van der Waals surface area contributed by atoms with Crippen molar-refractivity contribution in [2.24, 2.45) is 0 Å². The quantitative estimate of drug-likeness (QED) is 0.0161. The molecule has 0 saturated heterocycles. The standard InChI is InChI=1S/C66H109N2O7P/c1-7-10-13-16-19-22-25-28-30-32-33-34-35-37-38-40-43-46-49-52-55-58-65(69)67-63(62-74-76(71,72)73-61-60-68(4,5)6)64(57-54-51-48-45-42-27-24-21-18-15-12-9-3)75-66(70)59-56-53-50-47-44-41-39-36-31-29-26-23-20-17-14-11-8-2/h10-11,13-14,17,19-20,22-23,26,28-31,33-34,36-39,41,44,54,57,63-64H,7-9,12,15-16,18,21,24-25,27,32,35,40,42-43,45-53,55-56,58-62H2,1-6H3,(H-,67,69,71,72)/b13-10-,14-11-,20-17+,22-19-,26-23+,30-28-,31-29-,34-33-,38-37-,39-36+,44-41+,57-54-. The summed E-state index contributed by atoms with van der Waals surface area (Å²) in [5.41, 5.74) is 0. The molecule has 10 heteroatoms. The smallest absolute Gasteiger partial charge is 0.306 e. The first kappa shape index (κ1) is 71.9. The fourth-order valence-corrected chi connectivity index (χ4v) is 8.36. The zero-order chi connectivity index (χ0) is 55.7. The van der Waals surface area contributed by atoms with Crippen LogP contribution in [-0.2, 0) is 27.9 Å². The monoisotopic (exact) mass is 1070 g/mol. The number of nitrogens with one attached hydrogen (secondary N) is 1. The second kappa shape index (κ2) is 54.3. The van der Waals surface area contributed by atoms with E-state index in [1.807, 2.05) is 88.0 Å². The molecule has 0 aliphatic heterocycles. The van der Waals surface area contributed by atoms with E-state index in [0.717, 1.165) is 109 Å². The second-order valence-electron chi connectivity index (χ2n) is 20.5. The van der Waals surface area contributed by atoms with Crippen molar-refractivity contribution in [3.63, 3.8) is 0 Å². The summed E-state index contributed by atoms with van der Waals surface area (Å²) in [7, 11) is 1.12. The molecule has 9 nitrogen and oxygen atoms in total. The van der Waals surface area contributed by atoms with Crippen LogP contribution in [0.15, 0.2) is 146 Å². The van der Waals surface area contributed by atoms with Gasteiger partial charge in [-0.15, -0.1) is 0 Å². The van der Waals surface area contributed by atoms with Crippen LogP contribution in [0.3, 0.4) is 0 Å². The van der Waals surface area contributed by atoms with Crippen LogP contribution in [0, 0.1) is 0 Å². The van der Waals surface area contributed by atoms with E-state index in [9.17, 15) is 19.0 Å². The Morgan fingerprint density at radius 3 is 1.43 bits per heavy atom. The van der Waals surface area contributed by atoms with Gasteiger partial charge in [0, 0.05) is 12.8 Å². The third-order valence-electron chi connectivity index (χ3n) is 12.2. The fraction of sp³-hybridized carbons (Fsp3) is 0.606. The van der Waals surface area contributed by atoms with Crippen LogP contribution in [0.5, 0.6) is 0 Å². The molecule has 0 aromatic carbocycles. The SMILES string of the molecule is CC\C=C/C=C/C=C/C=C\C=C\C=C\CCCCCC(=O)OC(/C=C\CCCCCCCCCCCC)C(COP(=O)([O-])OCC[N+](C)(C)C)NC(=O)CCCCCCC/C=C\C/C=C\C/C=C\C/C=C\C/C=C\CC. The van der Waals surface area contributed by atoms with E-state index < -0.39 is 32.5 Å². The van der Waals surface area contributed by atoms with Gasteiger partial charge in [0.1, 0.15) is 19.3 Å². The number of phosphoric ester groups is 1. The van der Waals surface area contributed by atoms with Gasteiger partial charge in [0.2, 0.25) is 5.91 Å². The molecule has 3 unspecified atom stereocenters. The van der Waals surface area contributed by atoms with Crippen molar-refractivity contribution in [3.05, 3.63) is 146 Å². The highest BCUT2D eigenvalue weighted by molar-refractivity contribution is 7.45. The maximum absolute atomic E-state index is 13.5. The van der Waals surface area contributed by atoms with Gasteiger partial charge in [-0.3, -0.25) is 14.2 Å². The number of ether oxygens (including phenoxy) is 1. The number of nitrogens with zero attached hydrogens (tertiary/aromatic N) is 1. The zero-order valence-corrected chi connectivity index (χ0v) is 49.8. The molecule has 0 spiro atoms. The lowest BCUT2D eigenvalue weighted by Crippen LogP contribution is -2.47. The summed E-state index contributed by atoms with van der Waals surface area (Å²) >= 11 is 0. The maximum Gasteiger partial charge on any atom is 0.306 e. The van der Waals surface area contributed by atoms with Gasteiger partial charge in [-0.05, 0) is 96.0 Å². The summed E-state index contributed by atoms with van der Waals surface area (Å²) < 4.78 is 30.2. The minimum Gasteiger partial charge on any atom is -0.756 e. The molecule has 0 aliphatic carbocycles. The van der Waals surface area contributed by atoms with E-state index in [0.29, 0.717) is 23.9 Å². The van der Waals surface area contributed by atoms with E-state index in [-0.39, 0.29) is 25.4 Å². The van der Waals surface area contributed by atoms with Gasteiger partial charge in [-0.2, -0.15) is 0 Å². The van der Waals surface area contributed by atoms with E-state index in [2.05, 4.69) is 99.0 Å². The zero-order valence-electron chi connectivity index (χ0n) is 48.9. The number of quaternary nitrogens is 1. The van der Waals surface area contributed by atoms with Crippen LogP contribution in [0.25, 0.3) is 0 Å². The van der Waals surface area contributed by atoms with Crippen LogP contribution in [0.1, 0.15) is 207 Å². The van der Waals surface area contributed by atoms with Crippen molar-refractivity contribution in [2.75, 3.05) is 40.9 Å². The van der Waals surface area contributed by atoms with E-state index in [4.69, 9.17) is 13.8 Å².